The summed E-state index contributed by atoms with van der Waals surface area (Å²) in [7, 11) is 0. The fourth-order valence-electron chi connectivity index (χ4n) is 2.59. The van der Waals surface area contributed by atoms with E-state index in [1.54, 1.807) is 11.3 Å². The van der Waals surface area contributed by atoms with Gasteiger partial charge in [0.05, 0.1) is 15.9 Å². The van der Waals surface area contributed by atoms with Crippen molar-refractivity contribution in [3.05, 3.63) is 41.8 Å². The van der Waals surface area contributed by atoms with Crippen LogP contribution in [0.2, 0.25) is 0 Å². The number of aryl methyl sites for hydroxylation is 1. The van der Waals surface area contributed by atoms with Crippen molar-refractivity contribution in [1.82, 2.24) is 9.55 Å². The number of rotatable bonds is 6. The van der Waals surface area contributed by atoms with Gasteiger partial charge in [0.1, 0.15) is 0 Å². The summed E-state index contributed by atoms with van der Waals surface area (Å²) in [5.74, 6) is 1.12. The van der Waals surface area contributed by atoms with E-state index in [4.69, 9.17) is 4.98 Å². The molecule has 0 bridgehead atoms. The molecule has 0 atom stereocenters. The molecule has 104 valence electrons. The van der Waals surface area contributed by atoms with Crippen LogP contribution in [0.15, 0.2) is 41.8 Å². The molecule has 3 aromatic rings. The monoisotopic (exact) mass is 284 g/mol. The van der Waals surface area contributed by atoms with E-state index >= 15 is 0 Å². The third-order valence-corrected chi connectivity index (χ3v) is 4.50. The van der Waals surface area contributed by atoms with Gasteiger partial charge in [-0.25, -0.2) is 4.98 Å². The van der Waals surface area contributed by atoms with Crippen LogP contribution in [0.4, 0.5) is 0 Å². The van der Waals surface area contributed by atoms with Gasteiger partial charge in [-0.05, 0) is 30.0 Å². The lowest BCUT2D eigenvalue weighted by atomic mass is 10.2. The first-order chi connectivity index (χ1) is 9.90. The summed E-state index contributed by atoms with van der Waals surface area (Å²) in [6, 6.07) is 12.7. The minimum absolute atomic E-state index is 1.06. The highest BCUT2D eigenvalue weighted by Gasteiger charge is 2.12. The molecule has 2 aromatic heterocycles. The van der Waals surface area contributed by atoms with Crippen LogP contribution in [0, 0.1) is 0 Å². The van der Waals surface area contributed by atoms with Gasteiger partial charge in [-0.2, -0.15) is 0 Å². The molecule has 0 saturated heterocycles. The zero-order chi connectivity index (χ0) is 13.8. The van der Waals surface area contributed by atoms with Crippen LogP contribution in [-0.4, -0.2) is 9.55 Å². The Morgan fingerprint density at radius 3 is 2.75 bits per heavy atom. The van der Waals surface area contributed by atoms with Crippen LogP contribution in [0.3, 0.4) is 0 Å². The molecule has 3 heteroatoms. The zero-order valence-corrected chi connectivity index (χ0v) is 12.7. The van der Waals surface area contributed by atoms with Crippen molar-refractivity contribution >= 4 is 22.4 Å². The van der Waals surface area contributed by atoms with Crippen molar-refractivity contribution in [2.75, 3.05) is 0 Å². The molecule has 2 nitrogen and oxygen atoms in total. The van der Waals surface area contributed by atoms with Crippen LogP contribution in [0.5, 0.6) is 0 Å². The normalized spacial score (nSPS) is 11.2. The summed E-state index contributed by atoms with van der Waals surface area (Å²) in [5.41, 5.74) is 2.36. The molecular weight excluding hydrogens is 264 g/mol. The Labute approximate surface area is 124 Å². The van der Waals surface area contributed by atoms with E-state index in [9.17, 15) is 0 Å². The first-order valence-corrected chi connectivity index (χ1v) is 8.27. The first-order valence-electron chi connectivity index (χ1n) is 7.39. The Bertz CT molecular complexity index is 667. The summed E-state index contributed by atoms with van der Waals surface area (Å²) >= 11 is 1.77. The molecule has 0 aliphatic rings. The number of imidazole rings is 1. The lowest BCUT2D eigenvalue weighted by Gasteiger charge is -2.08. The Balaban J connectivity index is 1.96. The third kappa shape index (κ3) is 2.63. The first kappa shape index (κ1) is 13.4. The molecule has 0 amide bonds. The summed E-state index contributed by atoms with van der Waals surface area (Å²) in [6.07, 6.45) is 5.13. The molecule has 0 spiro atoms. The number of thiophene rings is 1. The minimum Gasteiger partial charge on any atom is -0.323 e. The number of unbranched alkanes of at least 4 members (excludes halogenated alkanes) is 3. The minimum atomic E-state index is 1.06. The van der Waals surface area contributed by atoms with Crippen LogP contribution < -0.4 is 0 Å². The quantitative estimate of drug-likeness (QED) is 0.558. The smallest absolute Gasteiger partial charge is 0.151 e. The van der Waals surface area contributed by atoms with Crippen molar-refractivity contribution < 1.29 is 0 Å². The Morgan fingerprint density at radius 1 is 1.05 bits per heavy atom. The Kier molecular flexibility index (Phi) is 4.16. The summed E-state index contributed by atoms with van der Waals surface area (Å²) in [5, 5.41) is 2.12. The number of hydrogen-bond acceptors (Lipinski definition) is 2. The van der Waals surface area contributed by atoms with Gasteiger partial charge in [0.15, 0.2) is 5.82 Å². The molecule has 3 rings (SSSR count). The van der Waals surface area contributed by atoms with Crippen molar-refractivity contribution in [2.45, 2.75) is 39.2 Å². The summed E-state index contributed by atoms with van der Waals surface area (Å²) in [4.78, 5) is 6.09. The molecule has 0 radical (unpaired) electrons. The van der Waals surface area contributed by atoms with E-state index in [0.29, 0.717) is 0 Å². The van der Waals surface area contributed by atoms with E-state index in [0.717, 1.165) is 17.9 Å². The Morgan fingerprint density at radius 2 is 1.95 bits per heavy atom. The fraction of sp³-hybridized carbons (Fsp3) is 0.353. The standard InChI is InChI=1S/C17H20N2S/c1-2-3-4-7-12-19-15-10-6-5-9-14(15)18-17(19)16-11-8-13-20-16/h5-6,8-11,13H,2-4,7,12H2,1H3. The van der Waals surface area contributed by atoms with Crippen LogP contribution >= 0.6 is 11.3 Å². The van der Waals surface area contributed by atoms with Crippen LogP contribution in [0.1, 0.15) is 32.6 Å². The maximum absolute atomic E-state index is 4.83. The molecule has 0 unspecified atom stereocenters. The lowest BCUT2D eigenvalue weighted by Crippen LogP contribution is -2.00. The molecule has 0 saturated carbocycles. The topological polar surface area (TPSA) is 17.8 Å². The second-order valence-corrected chi connectivity index (χ2v) is 6.06. The number of para-hydroxylation sites is 2. The molecule has 1 aromatic carbocycles. The predicted molar refractivity (Wildman–Crippen MR) is 87.2 cm³/mol. The van der Waals surface area contributed by atoms with Gasteiger partial charge >= 0.3 is 0 Å². The third-order valence-electron chi connectivity index (χ3n) is 3.63. The molecule has 0 fully saturated rings. The van der Waals surface area contributed by atoms with Crippen molar-refractivity contribution in [3.63, 3.8) is 0 Å². The molecule has 0 N–H and O–H groups in total. The van der Waals surface area contributed by atoms with E-state index in [2.05, 4.69) is 53.3 Å². The highest BCUT2D eigenvalue weighted by molar-refractivity contribution is 7.13. The maximum Gasteiger partial charge on any atom is 0.151 e. The molecule has 0 aliphatic carbocycles. The van der Waals surface area contributed by atoms with Crippen LogP contribution in [0.25, 0.3) is 21.7 Å². The number of benzene rings is 1. The van der Waals surface area contributed by atoms with E-state index in [1.165, 1.54) is 36.1 Å². The zero-order valence-electron chi connectivity index (χ0n) is 11.9. The van der Waals surface area contributed by atoms with Crippen molar-refractivity contribution in [1.29, 1.82) is 0 Å². The SMILES string of the molecule is CCCCCCn1c(-c2cccs2)nc2ccccc21. The maximum atomic E-state index is 4.83. The average Bonchev–Trinajstić information content (AvgIpc) is 3.11. The second-order valence-electron chi connectivity index (χ2n) is 5.11. The number of fused-ring (bicyclic) bond motifs is 1. The van der Waals surface area contributed by atoms with Gasteiger partial charge in [-0.15, -0.1) is 11.3 Å². The lowest BCUT2D eigenvalue weighted by molar-refractivity contribution is 0.595. The fourth-order valence-corrected chi connectivity index (χ4v) is 3.31. The highest BCUT2D eigenvalue weighted by Crippen LogP contribution is 2.28. The molecule has 2 heterocycles. The van der Waals surface area contributed by atoms with Gasteiger partial charge in [0.25, 0.3) is 0 Å². The second kappa shape index (κ2) is 6.23. The highest BCUT2D eigenvalue weighted by atomic mass is 32.1. The van der Waals surface area contributed by atoms with Gasteiger partial charge in [0.2, 0.25) is 0 Å². The van der Waals surface area contributed by atoms with Crippen molar-refractivity contribution in [3.8, 4) is 10.7 Å². The van der Waals surface area contributed by atoms with Gasteiger partial charge in [-0.3, -0.25) is 0 Å². The molecule has 20 heavy (non-hydrogen) atoms. The van der Waals surface area contributed by atoms with E-state index < -0.39 is 0 Å². The predicted octanol–water partition coefficient (Wildman–Crippen LogP) is 5.35. The summed E-state index contributed by atoms with van der Waals surface area (Å²) < 4.78 is 2.39. The number of aromatic nitrogens is 2. The molecular formula is C17H20N2S. The van der Waals surface area contributed by atoms with E-state index in [1.807, 2.05) is 0 Å². The van der Waals surface area contributed by atoms with Crippen molar-refractivity contribution in [2.24, 2.45) is 0 Å². The largest absolute Gasteiger partial charge is 0.323 e. The van der Waals surface area contributed by atoms with Crippen LogP contribution in [-0.2, 0) is 6.54 Å². The number of nitrogens with zero attached hydrogens (tertiary/aromatic N) is 2. The molecule has 0 aliphatic heterocycles. The number of hydrogen-bond donors (Lipinski definition) is 0. The van der Waals surface area contributed by atoms with Gasteiger partial charge < -0.3 is 4.57 Å². The van der Waals surface area contributed by atoms with Gasteiger partial charge in [0, 0.05) is 6.54 Å². The van der Waals surface area contributed by atoms with Gasteiger partial charge in [-0.1, -0.05) is 44.4 Å². The van der Waals surface area contributed by atoms with E-state index in [-0.39, 0.29) is 0 Å². The average molecular weight is 284 g/mol. The summed E-state index contributed by atoms with van der Waals surface area (Å²) in [6.45, 7) is 3.32. The Hall–Kier alpha value is -1.61.